The molecule has 1 aliphatic rings. The Bertz CT molecular complexity index is 685. The van der Waals surface area contributed by atoms with Crippen LogP contribution >= 0.6 is 11.6 Å². The number of rotatable bonds is 5. The molecule has 0 unspecified atom stereocenters. The maximum absolute atomic E-state index is 11.2. The lowest BCUT2D eigenvalue weighted by Gasteiger charge is -2.13. The van der Waals surface area contributed by atoms with Crippen LogP contribution in [0.4, 0.5) is 5.69 Å². The lowest BCUT2D eigenvalue weighted by Crippen LogP contribution is -2.13. The van der Waals surface area contributed by atoms with Crippen molar-refractivity contribution in [2.45, 2.75) is 25.3 Å². The Morgan fingerprint density at radius 2 is 2.24 bits per heavy atom. The van der Waals surface area contributed by atoms with Gasteiger partial charge in [-0.2, -0.15) is 10.2 Å². The van der Waals surface area contributed by atoms with Gasteiger partial charge in [0, 0.05) is 23.2 Å². The molecule has 5 nitrogen and oxygen atoms in total. The van der Waals surface area contributed by atoms with Crippen LogP contribution in [-0.2, 0) is 6.42 Å². The average molecular weight is 303 g/mol. The lowest BCUT2D eigenvalue weighted by atomic mass is 10.1. The average Bonchev–Trinajstić information content (AvgIpc) is 3.27. The minimum absolute atomic E-state index is 0.351. The highest BCUT2D eigenvalue weighted by atomic mass is 35.5. The van der Waals surface area contributed by atoms with E-state index in [0.717, 1.165) is 11.3 Å². The number of nitrogens with one attached hydrogen (secondary N) is 1. The molecule has 108 valence electrons. The summed E-state index contributed by atoms with van der Waals surface area (Å²) in [5, 5.41) is 12.0. The minimum Gasteiger partial charge on any atom is -0.382 e. The molecular formula is C15H15ClN4O. The van der Waals surface area contributed by atoms with Crippen molar-refractivity contribution in [2.75, 3.05) is 5.32 Å². The van der Waals surface area contributed by atoms with Crippen molar-refractivity contribution in [3.05, 3.63) is 52.3 Å². The maximum Gasteiger partial charge on any atom is 0.250 e. The van der Waals surface area contributed by atoms with E-state index in [1.54, 1.807) is 6.07 Å². The van der Waals surface area contributed by atoms with Gasteiger partial charge in [0.2, 0.25) is 5.91 Å². The second-order valence-corrected chi connectivity index (χ2v) is 5.57. The SMILES string of the molecule is NC(=O)c1cnnc(Cc2c(Cl)cccc2NC2CC2)c1. The van der Waals surface area contributed by atoms with E-state index in [0.29, 0.717) is 28.7 Å². The molecule has 21 heavy (non-hydrogen) atoms. The van der Waals surface area contributed by atoms with Crippen LogP contribution in [-0.4, -0.2) is 22.1 Å². The third-order valence-electron chi connectivity index (χ3n) is 3.40. The van der Waals surface area contributed by atoms with E-state index in [-0.39, 0.29) is 0 Å². The number of halogens is 1. The Morgan fingerprint density at radius 1 is 1.43 bits per heavy atom. The van der Waals surface area contributed by atoms with Gasteiger partial charge in [-0.15, -0.1) is 0 Å². The van der Waals surface area contributed by atoms with Crippen LogP contribution in [0.3, 0.4) is 0 Å². The number of nitrogens with zero attached hydrogens (tertiary/aromatic N) is 2. The molecule has 0 bridgehead atoms. The first-order valence-electron chi connectivity index (χ1n) is 6.79. The van der Waals surface area contributed by atoms with Gasteiger partial charge >= 0.3 is 0 Å². The van der Waals surface area contributed by atoms with Gasteiger partial charge < -0.3 is 11.1 Å². The fourth-order valence-electron chi connectivity index (χ4n) is 2.13. The minimum atomic E-state index is -0.512. The Balaban J connectivity index is 1.89. The Morgan fingerprint density at radius 3 is 2.95 bits per heavy atom. The van der Waals surface area contributed by atoms with Crippen molar-refractivity contribution in [2.24, 2.45) is 5.73 Å². The van der Waals surface area contributed by atoms with E-state index in [1.807, 2.05) is 18.2 Å². The largest absolute Gasteiger partial charge is 0.382 e. The monoisotopic (exact) mass is 302 g/mol. The third-order valence-corrected chi connectivity index (χ3v) is 3.76. The highest BCUT2D eigenvalue weighted by molar-refractivity contribution is 6.31. The zero-order chi connectivity index (χ0) is 14.8. The van der Waals surface area contributed by atoms with E-state index >= 15 is 0 Å². The van der Waals surface area contributed by atoms with Crippen LogP contribution in [0.5, 0.6) is 0 Å². The number of primary amides is 1. The summed E-state index contributed by atoms with van der Waals surface area (Å²) in [6.45, 7) is 0. The molecule has 3 N–H and O–H groups in total. The van der Waals surface area contributed by atoms with Gasteiger partial charge in [0.25, 0.3) is 0 Å². The first-order valence-corrected chi connectivity index (χ1v) is 7.16. The molecule has 0 spiro atoms. The van der Waals surface area contributed by atoms with Crippen LogP contribution in [0.25, 0.3) is 0 Å². The summed E-state index contributed by atoms with van der Waals surface area (Å²) in [6, 6.07) is 7.96. The smallest absolute Gasteiger partial charge is 0.250 e. The van der Waals surface area contributed by atoms with Crippen molar-refractivity contribution in [1.82, 2.24) is 10.2 Å². The normalized spacial score (nSPS) is 14.0. The predicted octanol–water partition coefficient (Wildman–Crippen LogP) is 2.39. The number of anilines is 1. The van der Waals surface area contributed by atoms with Crippen molar-refractivity contribution in [3.63, 3.8) is 0 Å². The van der Waals surface area contributed by atoms with Crippen LogP contribution in [0, 0.1) is 0 Å². The van der Waals surface area contributed by atoms with Gasteiger partial charge in [-0.25, -0.2) is 0 Å². The zero-order valence-corrected chi connectivity index (χ0v) is 12.1. The summed E-state index contributed by atoms with van der Waals surface area (Å²) in [7, 11) is 0. The number of aromatic nitrogens is 2. The maximum atomic E-state index is 11.2. The topological polar surface area (TPSA) is 80.9 Å². The van der Waals surface area contributed by atoms with Gasteiger partial charge in [0.1, 0.15) is 0 Å². The first-order chi connectivity index (χ1) is 10.1. The molecular weight excluding hydrogens is 288 g/mol. The van der Waals surface area contributed by atoms with E-state index in [9.17, 15) is 4.79 Å². The summed E-state index contributed by atoms with van der Waals surface area (Å²) in [5.41, 5.74) is 8.25. The zero-order valence-electron chi connectivity index (χ0n) is 11.3. The molecule has 0 aliphatic heterocycles. The summed E-state index contributed by atoms with van der Waals surface area (Å²) >= 11 is 6.31. The summed E-state index contributed by atoms with van der Waals surface area (Å²) in [6.07, 6.45) is 4.23. The second kappa shape index (κ2) is 5.69. The molecule has 1 heterocycles. The van der Waals surface area contributed by atoms with Crippen LogP contribution in [0.1, 0.15) is 34.5 Å². The van der Waals surface area contributed by atoms with Crippen molar-refractivity contribution < 1.29 is 4.79 Å². The van der Waals surface area contributed by atoms with E-state index < -0.39 is 5.91 Å². The lowest BCUT2D eigenvalue weighted by molar-refractivity contribution is 0.0999. The Kier molecular flexibility index (Phi) is 3.75. The number of nitrogens with two attached hydrogens (primary N) is 1. The third kappa shape index (κ3) is 3.31. The Labute approximate surface area is 127 Å². The van der Waals surface area contributed by atoms with Crippen LogP contribution < -0.4 is 11.1 Å². The molecule has 1 fully saturated rings. The van der Waals surface area contributed by atoms with Gasteiger partial charge in [0.05, 0.1) is 17.5 Å². The van der Waals surface area contributed by atoms with Gasteiger partial charge in [0.15, 0.2) is 0 Å². The molecule has 1 amide bonds. The molecule has 1 saturated carbocycles. The molecule has 1 aromatic heterocycles. The fourth-order valence-corrected chi connectivity index (χ4v) is 2.38. The fraction of sp³-hybridized carbons (Fsp3) is 0.267. The molecule has 0 saturated heterocycles. The van der Waals surface area contributed by atoms with Gasteiger partial charge in [-0.05, 0) is 36.6 Å². The number of carbonyl (C=O) groups excluding carboxylic acids is 1. The molecule has 6 heteroatoms. The second-order valence-electron chi connectivity index (χ2n) is 5.16. The summed E-state index contributed by atoms with van der Waals surface area (Å²) < 4.78 is 0. The van der Waals surface area contributed by atoms with Crippen molar-refractivity contribution in [1.29, 1.82) is 0 Å². The predicted molar refractivity (Wildman–Crippen MR) is 81.5 cm³/mol. The molecule has 1 aliphatic carbocycles. The Hall–Kier alpha value is -2.14. The van der Waals surface area contributed by atoms with E-state index in [1.165, 1.54) is 19.0 Å². The van der Waals surface area contributed by atoms with Crippen molar-refractivity contribution >= 4 is 23.2 Å². The standard InChI is InChI=1S/C15H15ClN4O/c16-13-2-1-3-14(19-10-4-5-10)12(13)7-11-6-9(15(17)21)8-18-20-11/h1-3,6,8,10,19H,4-5,7H2,(H2,17,21). The van der Waals surface area contributed by atoms with Crippen LogP contribution in [0.2, 0.25) is 5.02 Å². The quantitative estimate of drug-likeness (QED) is 0.888. The number of hydrogen-bond donors (Lipinski definition) is 2. The number of hydrogen-bond acceptors (Lipinski definition) is 4. The molecule has 0 radical (unpaired) electrons. The molecule has 0 atom stereocenters. The number of benzene rings is 1. The number of amides is 1. The van der Waals surface area contributed by atoms with Gasteiger partial charge in [-0.3, -0.25) is 4.79 Å². The van der Waals surface area contributed by atoms with Gasteiger partial charge in [-0.1, -0.05) is 17.7 Å². The van der Waals surface area contributed by atoms with Crippen LogP contribution in [0.15, 0.2) is 30.5 Å². The summed E-state index contributed by atoms with van der Waals surface area (Å²) in [4.78, 5) is 11.2. The summed E-state index contributed by atoms with van der Waals surface area (Å²) in [5.74, 6) is -0.512. The highest BCUT2D eigenvalue weighted by Gasteiger charge is 2.22. The van der Waals surface area contributed by atoms with E-state index in [2.05, 4.69) is 15.5 Å². The molecule has 3 rings (SSSR count). The molecule has 1 aromatic carbocycles. The molecule has 2 aromatic rings. The number of carbonyl (C=O) groups is 1. The first kappa shape index (κ1) is 13.8. The highest BCUT2D eigenvalue weighted by Crippen LogP contribution is 2.31. The van der Waals surface area contributed by atoms with Crippen molar-refractivity contribution in [3.8, 4) is 0 Å². The van der Waals surface area contributed by atoms with E-state index in [4.69, 9.17) is 17.3 Å².